The first-order valence-electron chi connectivity index (χ1n) is 7.90. The predicted octanol–water partition coefficient (Wildman–Crippen LogP) is 4.92. The second-order valence-corrected chi connectivity index (χ2v) is 6.25. The van der Waals surface area contributed by atoms with Crippen molar-refractivity contribution in [2.45, 2.75) is 90.6 Å². The molecular formula is C16H32O. The zero-order valence-electron chi connectivity index (χ0n) is 12.0. The van der Waals surface area contributed by atoms with Gasteiger partial charge in [0.25, 0.3) is 0 Å². The van der Waals surface area contributed by atoms with Crippen molar-refractivity contribution in [1.82, 2.24) is 0 Å². The molecule has 102 valence electrons. The van der Waals surface area contributed by atoms with Gasteiger partial charge in [-0.25, -0.2) is 0 Å². The lowest BCUT2D eigenvalue weighted by Gasteiger charge is -2.26. The summed E-state index contributed by atoms with van der Waals surface area (Å²) >= 11 is 0. The van der Waals surface area contributed by atoms with Gasteiger partial charge in [0.15, 0.2) is 0 Å². The highest BCUT2D eigenvalue weighted by Crippen LogP contribution is 2.26. The monoisotopic (exact) mass is 240 g/mol. The zero-order valence-corrected chi connectivity index (χ0v) is 12.0. The van der Waals surface area contributed by atoms with E-state index in [0.29, 0.717) is 11.8 Å². The van der Waals surface area contributed by atoms with E-state index in [0.717, 1.165) is 0 Å². The molecule has 0 bridgehead atoms. The van der Waals surface area contributed by atoms with Crippen molar-refractivity contribution >= 4 is 0 Å². The Kier molecular flexibility index (Phi) is 7.92. The first-order valence-corrected chi connectivity index (χ1v) is 7.90. The molecule has 1 N–H and O–H groups in total. The highest BCUT2D eigenvalue weighted by Gasteiger charge is 2.21. The van der Waals surface area contributed by atoms with Crippen LogP contribution in [0.2, 0.25) is 0 Å². The fraction of sp³-hybridized carbons (Fsp3) is 1.00. The van der Waals surface area contributed by atoms with Gasteiger partial charge in [0, 0.05) is 0 Å². The Morgan fingerprint density at radius 2 is 1.06 bits per heavy atom. The number of hydrogen-bond donors (Lipinski definition) is 1. The molecule has 1 atom stereocenters. The first kappa shape index (κ1) is 15.0. The molecule has 1 aliphatic rings. The van der Waals surface area contributed by atoms with Crippen LogP contribution in [0.1, 0.15) is 84.5 Å². The molecule has 0 spiro atoms. The number of rotatable bonds is 2. The lowest BCUT2D eigenvalue weighted by Crippen LogP contribution is -2.26. The third-order valence-corrected chi connectivity index (χ3v) is 4.32. The molecule has 0 heterocycles. The van der Waals surface area contributed by atoms with Gasteiger partial charge in [-0.2, -0.15) is 0 Å². The Hall–Kier alpha value is -0.0400. The second kappa shape index (κ2) is 8.97. The number of aliphatic hydroxyl groups is 1. The average molecular weight is 240 g/mol. The predicted molar refractivity (Wildman–Crippen MR) is 75.1 cm³/mol. The molecule has 0 radical (unpaired) electrons. The summed E-state index contributed by atoms with van der Waals surface area (Å²) in [5.74, 6) is 0.988. The van der Waals surface area contributed by atoms with Gasteiger partial charge in [0.05, 0.1) is 6.10 Å². The summed E-state index contributed by atoms with van der Waals surface area (Å²) in [6.45, 7) is 4.31. The van der Waals surface area contributed by atoms with Crippen molar-refractivity contribution in [2.75, 3.05) is 0 Å². The van der Waals surface area contributed by atoms with E-state index in [9.17, 15) is 5.11 Å². The number of hydrogen-bond acceptors (Lipinski definition) is 1. The maximum atomic E-state index is 10.3. The summed E-state index contributed by atoms with van der Waals surface area (Å²) in [5.41, 5.74) is 0. The molecule has 0 aliphatic heterocycles. The molecule has 0 aromatic heterocycles. The van der Waals surface area contributed by atoms with Crippen LogP contribution in [-0.2, 0) is 0 Å². The fourth-order valence-corrected chi connectivity index (χ4v) is 3.08. The van der Waals surface area contributed by atoms with E-state index < -0.39 is 0 Å². The summed E-state index contributed by atoms with van der Waals surface area (Å²) in [4.78, 5) is 0. The quantitative estimate of drug-likeness (QED) is 0.726. The largest absolute Gasteiger partial charge is 0.393 e. The van der Waals surface area contributed by atoms with Crippen molar-refractivity contribution in [2.24, 2.45) is 11.8 Å². The fourth-order valence-electron chi connectivity index (χ4n) is 3.08. The smallest absolute Gasteiger partial charge is 0.0591 e. The topological polar surface area (TPSA) is 20.2 Å². The molecule has 1 rings (SSSR count). The van der Waals surface area contributed by atoms with Crippen LogP contribution < -0.4 is 0 Å². The third kappa shape index (κ3) is 6.45. The molecule has 1 saturated carbocycles. The highest BCUT2D eigenvalue weighted by molar-refractivity contribution is 4.72. The molecule has 0 aromatic carbocycles. The Morgan fingerprint density at radius 3 is 1.41 bits per heavy atom. The molecule has 1 heteroatoms. The molecule has 1 aliphatic carbocycles. The van der Waals surface area contributed by atoms with E-state index in [4.69, 9.17) is 0 Å². The standard InChI is InChI=1S/C16H32O/c1-14(2)16(17)15-12-10-8-6-4-3-5-7-9-11-13-15/h14-17H,3-13H2,1-2H3. The van der Waals surface area contributed by atoms with Gasteiger partial charge < -0.3 is 5.11 Å². The van der Waals surface area contributed by atoms with Crippen LogP contribution in [0.15, 0.2) is 0 Å². The summed E-state index contributed by atoms with van der Waals surface area (Å²) < 4.78 is 0. The molecule has 0 aromatic rings. The van der Waals surface area contributed by atoms with Gasteiger partial charge in [0.2, 0.25) is 0 Å². The van der Waals surface area contributed by atoms with E-state index in [1.54, 1.807) is 0 Å². The van der Waals surface area contributed by atoms with Gasteiger partial charge in [-0.05, 0) is 24.7 Å². The van der Waals surface area contributed by atoms with Crippen molar-refractivity contribution in [1.29, 1.82) is 0 Å². The Labute approximate surface area is 108 Å². The summed E-state index contributed by atoms with van der Waals surface area (Å²) in [7, 11) is 0. The maximum absolute atomic E-state index is 10.3. The van der Waals surface area contributed by atoms with Crippen LogP contribution in [-0.4, -0.2) is 11.2 Å². The lowest BCUT2D eigenvalue weighted by molar-refractivity contribution is 0.0532. The van der Waals surface area contributed by atoms with Crippen LogP contribution in [0.3, 0.4) is 0 Å². The van der Waals surface area contributed by atoms with E-state index in [2.05, 4.69) is 13.8 Å². The van der Waals surface area contributed by atoms with Gasteiger partial charge >= 0.3 is 0 Å². The van der Waals surface area contributed by atoms with E-state index in [1.807, 2.05) is 0 Å². The molecule has 1 fully saturated rings. The minimum atomic E-state index is -0.0714. The van der Waals surface area contributed by atoms with Crippen LogP contribution >= 0.6 is 0 Å². The van der Waals surface area contributed by atoms with Crippen molar-refractivity contribution < 1.29 is 5.11 Å². The summed E-state index contributed by atoms with van der Waals surface area (Å²) in [6, 6.07) is 0. The Bertz CT molecular complexity index is 164. The van der Waals surface area contributed by atoms with Crippen LogP contribution in [0, 0.1) is 11.8 Å². The third-order valence-electron chi connectivity index (χ3n) is 4.32. The summed E-state index contributed by atoms with van der Waals surface area (Å²) in [5, 5.41) is 10.3. The molecular weight excluding hydrogens is 208 g/mol. The molecule has 0 saturated heterocycles. The zero-order chi connectivity index (χ0) is 12.5. The van der Waals surface area contributed by atoms with Gasteiger partial charge in [0.1, 0.15) is 0 Å². The molecule has 17 heavy (non-hydrogen) atoms. The van der Waals surface area contributed by atoms with Crippen molar-refractivity contribution in [3.63, 3.8) is 0 Å². The minimum absolute atomic E-state index is 0.0714. The lowest BCUT2D eigenvalue weighted by atomic mass is 9.84. The minimum Gasteiger partial charge on any atom is -0.393 e. The van der Waals surface area contributed by atoms with Gasteiger partial charge in [-0.1, -0.05) is 71.6 Å². The Balaban J connectivity index is 2.37. The highest BCUT2D eigenvalue weighted by atomic mass is 16.3. The summed E-state index contributed by atoms with van der Waals surface area (Å²) in [6.07, 6.45) is 14.9. The molecule has 1 nitrogen and oxygen atoms in total. The Morgan fingerprint density at radius 1 is 0.706 bits per heavy atom. The molecule has 0 amide bonds. The van der Waals surface area contributed by atoms with Crippen LogP contribution in [0.4, 0.5) is 0 Å². The van der Waals surface area contributed by atoms with Crippen LogP contribution in [0.5, 0.6) is 0 Å². The average Bonchev–Trinajstić information content (AvgIpc) is 2.29. The second-order valence-electron chi connectivity index (χ2n) is 6.25. The van der Waals surface area contributed by atoms with Crippen LogP contribution in [0.25, 0.3) is 0 Å². The van der Waals surface area contributed by atoms with Crippen molar-refractivity contribution in [3.05, 3.63) is 0 Å². The van der Waals surface area contributed by atoms with E-state index in [-0.39, 0.29) is 6.10 Å². The van der Waals surface area contributed by atoms with Gasteiger partial charge in [-0.15, -0.1) is 0 Å². The van der Waals surface area contributed by atoms with E-state index in [1.165, 1.54) is 70.6 Å². The van der Waals surface area contributed by atoms with Crippen molar-refractivity contribution in [3.8, 4) is 0 Å². The first-order chi connectivity index (χ1) is 8.22. The maximum Gasteiger partial charge on any atom is 0.0591 e. The van der Waals surface area contributed by atoms with Gasteiger partial charge in [-0.3, -0.25) is 0 Å². The SMILES string of the molecule is CC(C)C(O)C1CCCCCCCCCCC1. The number of aliphatic hydroxyl groups excluding tert-OH is 1. The molecule has 1 unspecified atom stereocenters. The van der Waals surface area contributed by atoms with E-state index >= 15 is 0 Å². The normalized spacial score (nSPS) is 24.0.